The molecule has 0 aliphatic rings. The number of nitrogen functional groups attached to an aromatic ring is 1. The molecule has 7 heteroatoms. The van der Waals surface area contributed by atoms with Crippen molar-refractivity contribution in [1.82, 2.24) is 4.98 Å². The van der Waals surface area contributed by atoms with Crippen LogP contribution in [-0.2, 0) is 0 Å². The molecule has 1 aromatic heterocycles. The highest BCUT2D eigenvalue weighted by Crippen LogP contribution is 2.31. The Hall–Kier alpha value is -2.96. The minimum absolute atomic E-state index is 0.303. The molecule has 3 aromatic rings. The summed E-state index contributed by atoms with van der Waals surface area (Å²) < 4.78 is 40.9. The fourth-order valence-electron chi connectivity index (χ4n) is 2.39. The summed E-state index contributed by atoms with van der Waals surface area (Å²) in [5, 5.41) is 4.61. The third-order valence-electron chi connectivity index (χ3n) is 3.54. The smallest absolute Gasteiger partial charge is 0.406 e. The van der Waals surface area contributed by atoms with Crippen molar-refractivity contribution in [3.8, 4) is 5.75 Å². The lowest BCUT2D eigenvalue weighted by Crippen LogP contribution is -2.17. The lowest BCUT2D eigenvalue weighted by molar-refractivity contribution is -0.274. The normalized spacial score (nSPS) is 11.5. The molecule has 3 rings (SSSR count). The van der Waals surface area contributed by atoms with Crippen molar-refractivity contribution >= 4 is 28.0 Å². The number of anilines is 3. The maximum absolute atomic E-state index is 12.3. The van der Waals surface area contributed by atoms with Gasteiger partial charge < -0.3 is 15.8 Å². The average Bonchev–Trinajstić information content (AvgIpc) is 2.50. The SMILES string of the molecule is Cc1ccc2c(Nc3cccc(OC(F)(F)F)c3)nccc2c1N. The van der Waals surface area contributed by atoms with Crippen LogP contribution in [0.25, 0.3) is 10.8 Å². The van der Waals surface area contributed by atoms with Gasteiger partial charge in [-0.25, -0.2) is 4.98 Å². The van der Waals surface area contributed by atoms with Gasteiger partial charge in [-0.05, 0) is 30.7 Å². The van der Waals surface area contributed by atoms with Crippen LogP contribution in [0.15, 0.2) is 48.7 Å². The van der Waals surface area contributed by atoms with E-state index in [9.17, 15) is 13.2 Å². The molecule has 0 unspecified atom stereocenters. The summed E-state index contributed by atoms with van der Waals surface area (Å²) in [7, 11) is 0. The van der Waals surface area contributed by atoms with E-state index in [4.69, 9.17) is 5.73 Å². The van der Waals surface area contributed by atoms with Crippen LogP contribution in [-0.4, -0.2) is 11.3 Å². The van der Waals surface area contributed by atoms with Crippen molar-refractivity contribution in [2.75, 3.05) is 11.1 Å². The van der Waals surface area contributed by atoms with Crippen LogP contribution in [0.4, 0.5) is 30.4 Å². The number of halogens is 3. The number of fused-ring (bicyclic) bond motifs is 1. The van der Waals surface area contributed by atoms with Crippen LogP contribution >= 0.6 is 0 Å². The largest absolute Gasteiger partial charge is 0.573 e. The van der Waals surface area contributed by atoms with E-state index in [0.29, 0.717) is 17.2 Å². The Morgan fingerprint density at radius 1 is 1.08 bits per heavy atom. The van der Waals surface area contributed by atoms with Crippen molar-refractivity contribution in [1.29, 1.82) is 0 Å². The van der Waals surface area contributed by atoms with Gasteiger partial charge in [0.2, 0.25) is 0 Å². The molecule has 0 saturated carbocycles. The highest BCUT2D eigenvalue weighted by molar-refractivity contribution is 6.01. The number of hydrogen-bond acceptors (Lipinski definition) is 4. The molecule has 0 bridgehead atoms. The van der Waals surface area contributed by atoms with Crippen LogP contribution in [0.1, 0.15) is 5.56 Å². The lowest BCUT2D eigenvalue weighted by atomic mass is 10.1. The maximum atomic E-state index is 12.3. The Bertz CT molecular complexity index is 894. The van der Waals surface area contributed by atoms with Crippen LogP contribution in [0.2, 0.25) is 0 Å². The number of ether oxygens (including phenoxy) is 1. The quantitative estimate of drug-likeness (QED) is 0.678. The fraction of sp³-hybridized carbons (Fsp3) is 0.118. The first-order valence-corrected chi connectivity index (χ1v) is 7.10. The van der Waals surface area contributed by atoms with Gasteiger partial charge in [0.05, 0.1) is 0 Å². The van der Waals surface area contributed by atoms with E-state index < -0.39 is 6.36 Å². The molecule has 0 aliphatic carbocycles. The summed E-state index contributed by atoms with van der Waals surface area (Å²) >= 11 is 0. The Kier molecular flexibility index (Phi) is 3.92. The summed E-state index contributed by atoms with van der Waals surface area (Å²) in [5.41, 5.74) is 8.09. The molecule has 0 saturated heterocycles. The Morgan fingerprint density at radius 3 is 2.62 bits per heavy atom. The summed E-state index contributed by atoms with van der Waals surface area (Å²) in [6.07, 6.45) is -3.14. The number of aryl methyl sites for hydroxylation is 1. The molecule has 2 aromatic carbocycles. The standard InChI is InChI=1S/C17H14F3N3O/c1-10-5-6-14-13(15(10)21)7-8-22-16(14)23-11-3-2-4-12(9-11)24-17(18,19)20/h2-9H,21H2,1H3,(H,22,23). The van der Waals surface area contributed by atoms with Gasteiger partial charge >= 0.3 is 6.36 Å². The maximum Gasteiger partial charge on any atom is 0.573 e. The third kappa shape index (κ3) is 3.34. The fourth-order valence-corrected chi connectivity index (χ4v) is 2.39. The second-order valence-corrected chi connectivity index (χ2v) is 5.25. The predicted octanol–water partition coefficient (Wildman–Crippen LogP) is 4.77. The number of alkyl halides is 3. The molecule has 0 atom stereocenters. The molecule has 0 spiro atoms. The van der Waals surface area contributed by atoms with Crippen molar-refractivity contribution in [2.24, 2.45) is 0 Å². The van der Waals surface area contributed by atoms with Gasteiger partial charge in [-0.3, -0.25) is 0 Å². The van der Waals surface area contributed by atoms with Gasteiger partial charge in [0.15, 0.2) is 0 Å². The van der Waals surface area contributed by atoms with Crippen LogP contribution < -0.4 is 15.8 Å². The number of rotatable bonds is 3. The van der Waals surface area contributed by atoms with E-state index >= 15 is 0 Å². The predicted molar refractivity (Wildman–Crippen MR) is 87.3 cm³/mol. The zero-order chi connectivity index (χ0) is 17.3. The van der Waals surface area contributed by atoms with Crippen LogP contribution in [0.5, 0.6) is 5.75 Å². The van der Waals surface area contributed by atoms with Gasteiger partial charge in [0.25, 0.3) is 0 Å². The van der Waals surface area contributed by atoms with E-state index in [1.807, 2.05) is 19.1 Å². The highest BCUT2D eigenvalue weighted by Gasteiger charge is 2.31. The minimum Gasteiger partial charge on any atom is -0.406 e. The zero-order valence-electron chi connectivity index (χ0n) is 12.7. The molecular formula is C17H14F3N3O. The molecule has 0 amide bonds. The summed E-state index contributed by atoms with van der Waals surface area (Å²) in [6.45, 7) is 1.90. The molecule has 124 valence electrons. The Labute approximate surface area is 136 Å². The van der Waals surface area contributed by atoms with Crippen LogP contribution in [0, 0.1) is 6.92 Å². The first kappa shape index (κ1) is 15.9. The van der Waals surface area contributed by atoms with Crippen LogP contribution in [0.3, 0.4) is 0 Å². The molecule has 0 aliphatic heterocycles. The first-order chi connectivity index (χ1) is 11.3. The molecule has 0 radical (unpaired) electrons. The monoisotopic (exact) mass is 333 g/mol. The van der Waals surface area contributed by atoms with Gasteiger partial charge in [-0.2, -0.15) is 0 Å². The number of nitrogens with zero attached hydrogens (tertiary/aromatic N) is 1. The number of nitrogens with one attached hydrogen (secondary N) is 1. The number of benzene rings is 2. The van der Waals surface area contributed by atoms with Crippen molar-refractivity contribution in [3.63, 3.8) is 0 Å². The molecular weight excluding hydrogens is 319 g/mol. The van der Waals surface area contributed by atoms with E-state index in [1.165, 1.54) is 18.2 Å². The highest BCUT2D eigenvalue weighted by atomic mass is 19.4. The summed E-state index contributed by atoms with van der Waals surface area (Å²) in [5.74, 6) is 0.200. The number of aromatic nitrogens is 1. The number of nitrogens with two attached hydrogens (primary N) is 1. The second kappa shape index (κ2) is 5.92. The molecule has 24 heavy (non-hydrogen) atoms. The van der Waals surface area contributed by atoms with E-state index in [0.717, 1.165) is 16.3 Å². The zero-order valence-corrected chi connectivity index (χ0v) is 12.7. The van der Waals surface area contributed by atoms with Crippen molar-refractivity contribution < 1.29 is 17.9 Å². The molecule has 1 heterocycles. The molecule has 4 nitrogen and oxygen atoms in total. The van der Waals surface area contributed by atoms with Crippen molar-refractivity contribution in [3.05, 3.63) is 54.2 Å². The lowest BCUT2D eigenvalue weighted by Gasteiger charge is -2.13. The van der Waals surface area contributed by atoms with Gasteiger partial charge in [-0.1, -0.05) is 18.2 Å². The van der Waals surface area contributed by atoms with Crippen molar-refractivity contribution in [2.45, 2.75) is 13.3 Å². The van der Waals surface area contributed by atoms with E-state index in [-0.39, 0.29) is 5.75 Å². The molecule has 3 N–H and O–H groups in total. The average molecular weight is 333 g/mol. The Balaban J connectivity index is 1.96. The summed E-state index contributed by atoms with van der Waals surface area (Å²) in [6, 6.07) is 11.1. The van der Waals surface area contributed by atoms with E-state index in [1.54, 1.807) is 18.3 Å². The number of pyridine rings is 1. The minimum atomic E-state index is -4.73. The van der Waals surface area contributed by atoms with E-state index in [2.05, 4.69) is 15.0 Å². The van der Waals surface area contributed by atoms with Gasteiger partial charge in [-0.15, -0.1) is 13.2 Å². The summed E-state index contributed by atoms with van der Waals surface area (Å²) in [4.78, 5) is 4.25. The van der Waals surface area contributed by atoms with Gasteiger partial charge in [0.1, 0.15) is 11.6 Å². The Morgan fingerprint density at radius 2 is 1.88 bits per heavy atom. The molecule has 0 fully saturated rings. The number of hydrogen-bond donors (Lipinski definition) is 2. The second-order valence-electron chi connectivity index (χ2n) is 5.25. The van der Waals surface area contributed by atoms with Gasteiger partial charge in [0, 0.05) is 34.4 Å². The third-order valence-corrected chi connectivity index (χ3v) is 3.54. The topological polar surface area (TPSA) is 60.2 Å². The first-order valence-electron chi connectivity index (χ1n) is 7.10.